The number of thiophene rings is 1. The summed E-state index contributed by atoms with van der Waals surface area (Å²) < 4.78 is 6.70. The lowest BCUT2D eigenvalue weighted by Gasteiger charge is -2.17. The minimum atomic E-state index is -0.109. The predicted molar refractivity (Wildman–Crippen MR) is 85.8 cm³/mol. The summed E-state index contributed by atoms with van der Waals surface area (Å²) in [5.41, 5.74) is 5.96. The molecule has 108 valence electrons. The van der Waals surface area contributed by atoms with E-state index in [9.17, 15) is 0 Å². The number of aryl methyl sites for hydroxylation is 1. The van der Waals surface area contributed by atoms with Gasteiger partial charge in [-0.05, 0) is 31.0 Å². The van der Waals surface area contributed by atoms with Crippen molar-refractivity contribution in [2.24, 2.45) is 5.84 Å². The Morgan fingerprint density at radius 1 is 1.35 bits per heavy atom. The van der Waals surface area contributed by atoms with Crippen LogP contribution in [0.25, 0.3) is 0 Å². The van der Waals surface area contributed by atoms with Crippen LogP contribution in [0.1, 0.15) is 22.7 Å². The van der Waals surface area contributed by atoms with Crippen molar-refractivity contribution >= 4 is 34.5 Å². The molecule has 0 aliphatic heterocycles. The summed E-state index contributed by atoms with van der Waals surface area (Å²) in [7, 11) is 1.66. The van der Waals surface area contributed by atoms with Gasteiger partial charge in [0, 0.05) is 5.56 Å². The molecule has 0 saturated carbocycles. The lowest BCUT2D eigenvalue weighted by molar-refractivity contribution is 0.405. The average Bonchev–Trinajstić information content (AvgIpc) is 2.75. The maximum Gasteiger partial charge on any atom is 0.122 e. The van der Waals surface area contributed by atoms with E-state index < -0.39 is 0 Å². The second-order valence-corrected chi connectivity index (χ2v) is 6.80. The summed E-state index contributed by atoms with van der Waals surface area (Å²) in [6, 6.07) is 7.80. The van der Waals surface area contributed by atoms with Gasteiger partial charge in [0.05, 0.1) is 21.8 Å². The van der Waals surface area contributed by atoms with Crippen molar-refractivity contribution in [2.75, 3.05) is 7.11 Å². The highest BCUT2D eigenvalue weighted by Crippen LogP contribution is 2.36. The summed E-state index contributed by atoms with van der Waals surface area (Å²) in [5, 5.41) is 0. The number of methoxy groups -OCH3 is 1. The van der Waals surface area contributed by atoms with Gasteiger partial charge in [0.1, 0.15) is 5.75 Å². The summed E-state index contributed by atoms with van der Waals surface area (Å²) in [4.78, 5) is 0. The van der Waals surface area contributed by atoms with Crippen molar-refractivity contribution in [1.82, 2.24) is 5.43 Å². The number of hydrazine groups is 1. The quantitative estimate of drug-likeness (QED) is 0.640. The van der Waals surface area contributed by atoms with E-state index >= 15 is 0 Å². The Morgan fingerprint density at radius 2 is 2.10 bits per heavy atom. The number of hydrogen-bond acceptors (Lipinski definition) is 4. The van der Waals surface area contributed by atoms with Crippen molar-refractivity contribution < 1.29 is 4.74 Å². The molecule has 0 bridgehead atoms. The van der Waals surface area contributed by atoms with Crippen molar-refractivity contribution in [3.8, 4) is 5.75 Å². The molecular weight excluding hydrogens is 315 g/mol. The fraction of sp³-hybridized carbons (Fsp3) is 0.286. The van der Waals surface area contributed by atoms with Crippen molar-refractivity contribution in [3.63, 3.8) is 0 Å². The topological polar surface area (TPSA) is 47.3 Å². The summed E-state index contributed by atoms with van der Waals surface area (Å²) >= 11 is 13.5. The molecule has 1 atom stereocenters. The molecule has 0 radical (unpaired) electrons. The van der Waals surface area contributed by atoms with Gasteiger partial charge in [-0.15, -0.1) is 11.3 Å². The summed E-state index contributed by atoms with van der Waals surface area (Å²) in [6.07, 6.45) is 0.675. The molecule has 3 N–H and O–H groups in total. The van der Waals surface area contributed by atoms with E-state index in [0.717, 1.165) is 16.9 Å². The highest BCUT2D eigenvalue weighted by atomic mass is 35.5. The van der Waals surface area contributed by atoms with Gasteiger partial charge in [0.15, 0.2) is 0 Å². The van der Waals surface area contributed by atoms with Crippen molar-refractivity contribution in [3.05, 3.63) is 49.6 Å². The number of benzene rings is 1. The Bertz CT molecular complexity index is 601. The van der Waals surface area contributed by atoms with Gasteiger partial charge in [-0.1, -0.05) is 40.9 Å². The van der Waals surface area contributed by atoms with E-state index in [1.165, 1.54) is 16.9 Å². The zero-order valence-electron chi connectivity index (χ0n) is 11.2. The van der Waals surface area contributed by atoms with Gasteiger partial charge < -0.3 is 4.74 Å². The molecule has 1 unspecified atom stereocenters. The third kappa shape index (κ3) is 3.45. The molecule has 0 fully saturated rings. The highest BCUT2D eigenvalue weighted by Gasteiger charge is 2.18. The Labute approximate surface area is 132 Å². The fourth-order valence-corrected chi connectivity index (χ4v) is 3.72. The molecule has 0 spiro atoms. The molecule has 0 saturated heterocycles. The van der Waals surface area contributed by atoms with Gasteiger partial charge >= 0.3 is 0 Å². The minimum absolute atomic E-state index is 0.109. The van der Waals surface area contributed by atoms with Crippen LogP contribution in [0.4, 0.5) is 0 Å². The number of ether oxygens (including phenoxy) is 1. The summed E-state index contributed by atoms with van der Waals surface area (Å²) in [6.45, 7) is 2.04. The van der Waals surface area contributed by atoms with Crippen molar-refractivity contribution in [2.45, 2.75) is 19.4 Å². The Morgan fingerprint density at radius 3 is 2.65 bits per heavy atom. The monoisotopic (exact) mass is 330 g/mol. The average molecular weight is 331 g/mol. The van der Waals surface area contributed by atoms with Crippen LogP contribution in [0.3, 0.4) is 0 Å². The molecule has 20 heavy (non-hydrogen) atoms. The molecule has 3 nitrogen and oxygen atoms in total. The van der Waals surface area contributed by atoms with Gasteiger partial charge in [-0.3, -0.25) is 11.3 Å². The van der Waals surface area contributed by atoms with Crippen LogP contribution < -0.4 is 16.0 Å². The maximum absolute atomic E-state index is 6.20. The standard InChI is InChI=1S/C14H16Cl2N2OS/c1-8-3-4-12(19-2)9(5-8)6-11(18-17)10-7-13(15)20-14(10)16/h3-5,7,11,18H,6,17H2,1-2H3. The Balaban J connectivity index is 2.31. The van der Waals surface area contributed by atoms with E-state index in [1.807, 2.05) is 25.1 Å². The van der Waals surface area contributed by atoms with Crippen LogP contribution in [0.2, 0.25) is 8.67 Å². The SMILES string of the molecule is COc1ccc(C)cc1CC(NN)c1cc(Cl)sc1Cl. The molecule has 6 heteroatoms. The smallest absolute Gasteiger partial charge is 0.122 e. The Hall–Kier alpha value is -0.780. The third-order valence-corrected chi connectivity index (χ3v) is 4.64. The molecule has 0 amide bonds. The molecule has 2 rings (SSSR count). The minimum Gasteiger partial charge on any atom is -0.496 e. The second-order valence-electron chi connectivity index (χ2n) is 4.52. The molecule has 1 aromatic carbocycles. The molecule has 0 aliphatic rings. The predicted octanol–water partition coefficient (Wildman–Crippen LogP) is 4.12. The summed E-state index contributed by atoms with van der Waals surface area (Å²) in [5.74, 6) is 6.51. The molecule has 2 aromatic rings. The normalized spacial score (nSPS) is 12.4. The van der Waals surface area contributed by atoms with Crippen LogP contribution in [-0.4, -0.2) is 7.11 Å². The molecule has 1 aromatic heterocycles. The van der Waals surface area contributed by atoms with Crippen LogP contribution in [0, 0.1) is 6.92 Å². The number of nitrogens with two attached hydrogens (primary N) is 1. The lowest BCUT2D eigenvalue weighted by Crippen LogP contribution is -2.29. The van der Waals surface area contributed by atoms with Crippen LogP contribution in [-0.2, 0) is 6.42 Å². The van der Waals surface area contributed by atoms with Crippen LogP contribution in [0.15, 0.2) is 24.3 Å². The molecular formula is C14H16Cl2N2OS. The first-order valence-corrected chi connectivity index (χ1v) is 7.66. The van der Waals surface area contributed by atoms with Crippen LogP contribution >= 0.6 is 34.5 Å². The van der Waals surface area contributed by atoms with Crippen molar-refractivity contribution in [1.29, 1.82) is 0 Å². The van der Waals surface area contributed by atoms with E-state index in [1.54, 1.807) is 7.11 Å². The van der Waals surface area contributed by atoms with E-state index in [-0.39, 0.29) is 6.04 Å². The first-order valence-electron chi connectivity index (χ1n) is 6.09. The van der Waals surface area contributed by atoms with Gasteiger partial charge in [0.2, 0.25) is 0 Å². The molecule has 1 heterocycles. The van der Waals surface area contributed by atoms with E-state index in [4.69, 9.17) is 33.8 Å². The Kier molecular flexibility index (Phi) is 5.29. The first kappa shape index (κ1) is 15.6. The van der Waals surface area contributed by atoms with E-state index in [2.05, 4.69) is 11.5 Å². The zero-order valence-corrected chi connectivity index (χ0v) is 13.6. The maximum atomic E-state index is 6.20. The number of nitrogens with one attached hydrogen (secondary N) is 1. The lowest BCUT2D eigenvalue weighted by atomic mass is 9.99. The second kappa shape index (κ2) is 6.78. The number of halogens is 2. The van der Waals surface area contributed by atoms with Gasteiger partial charge in [-0.2, -0.15) is 0 Å². The largest absolute Gasteiger partial charge is 0.496 e. The van der Waals surface area contributed by atoms with Gasteiger partial charge in [0.25, 0.3) is 0 Å². The fourth-order valence-electron chi connectivity index (χ4n) is 2.14. The number of hydrogen-bond donors (Lipinski definition) is 2. The first-order chi connectivity index (χ1) is 9.55. The van der Waals surface area contributed by atoms with Gasteiger partial charge in [-0.25, -0.2) is 0 Å². The third-order valence-electron chi connectivity index (χ3n) is 3.12. The van der Waals surface area contributed by atoms with E-state index in [0.29, 0.717) is 15.1 Å². The number of rotatable bonds is 5. The van der Waals surface area contributed by atoms with Crippen LogP contribution in [0.5, 0.6) is 5.75 Å². The highest BCUT2D eigenvalue weighted by molar-refractivity contribution is 7.20. The molecule has 0 aliphatic carbocycles. The zero-order chi connectivity index (χ0) is 14.7.